The average molecular weight is 535 g/mol. The van der Waals surface area contributed by atoms with E-state index in [-0.39, 0.29) is 30.1 Å². The number of hydrogen-bond donors (Lipinski definition) is 2. The minimum atomic E-state index is -0.0240. The minimum Gasteiger partial charge on any atom is -0.497 e. The molecule has 0 saturated carbocycles. The van der Waals surface area contributed by atoms with Gasteiger partial charge in [-0.15, -0.1) is 24.0 Å². The van der Waals surface area contributed by atoms with Crippen molar-refractivity contribution < 1.29 is 9.47 Å². The number of halogens is 1. The molecule has 0 aliphatic rings. The van der Waals surface area contributed by atoms with Gasteiger partial charge in [-0.05, 0) is 48.4 Å². The second-order valence-electron chi connectivity index (χ2n) is 6.88. The lowest BCUT2D eigenvalue weighted by atomic mass is 10.1. The molecule has 1 atom stereocenters. The summed E-state index contributed by atoms with van der Waals surface area (Å²) >= 11 is 0. The number of aliphatic imine (C=N–C) groups is 1. The summed E-state index contributed by atoms with van der Waals surface area (Å²) in [5.74, 6) is 2.35. The van der Waals surface area contributed by atoms with Crippen LogP contribution in [0.15, 0.2) is 72.0 Å². The normalized spacial score (nSPS) is 11.9. The van der Waals surface area contributed by atoms with E-state index in [9.17, 15) is 0 Å². The van der Waals surface area contributed by atoms with E-state index in [0.29, 0.717) is 13.1 Å². The number of methoxy groups -OCH3 is 1. The van der Waals surface area contributed by atoms with Gasteiger partial charge in [0.15, 0.2) is 5.96 Å². The maximum Gasteiger partial charge on any atom is 0.191 e. The van der Waals surface area contributed by atoms with Crippen LogP contribution >= 0.6 is 24.0 Å². The van der Waals surface area contributed by atoms with Crippen LogP contribution in [-0.2, 0) is 13.1 Å². The van der Waals surface area contributed by atoms with Gasteiger partial charge in [0.25, 0.3) is 0 Å². The molecule has 0 amide bonds. The van der Waals surface area contributed by atoms with Crippen molar-refractivity contribution in [2.75, 3.05) is 20.7 Å². The lowest BCUT2D eigenvalue weighted by molar-refractivity contribution is 0.223. The summed E-state index contributed by atoms with van der Waals surface area (Å²) in [6.07, 6.45) is 3.74. The fourth-order valence-corrected chi connectivity index (χ4v) is 3.02. The highest BCUT2D eigenvalue weighted by Gasteiger charge is 2.08. The van der Waals surface area contributed by atoms with Crippen LogP contribution in [0, 0.1) is 0 Å². The largest absolute Gasteiger partial charge is 0.497 e. The Kier molecular flexibility index (Phi) is 10.2. The van der Waals surface area contributed by atoms with E-state index in [4.69, 9.17) is 9.47 Å². The number of benzene rings is 2. The Morgan fingerprint density at radius 3 is 2.39 bits per heavy atom. The zero-order chi connectivity index (χ0) is 21.2. The van der Waals surface area contributed by atoms with Gasteiger partial charge < -0.3 is 20.1 Å². The second-order valence-corrected chi connectivity index (χ2v) is 6.88. The molecule has 3 rings (SSSR count). The predicted molar refractivity (Wildman–Crippen MR) is 134 cm³/mol. The molecule has 7 nitrogen and oxygen atoms in total. The Morgan fingerprint density at radius 2 is 1.74 bits per heavy atom. The van der Waals surface area contributed by atoms with E-state index in [0.717, 1.165) is 24.0 Å². The molecule has 0 bridgehead atoms. The highest BCUT2D eigenvalue weighted by molar-refractivity contribution is 14.0. The molecule has 0 spiro atoms. The molecule has 1 unspecified atom stereocenters. The second kappa shape index (κ2) is 12.8. The van der Waals surface area contributed by atoms with Crippen LogP contribution < -0.4 is 20.1 Å². The molecule has 3 aromatic rings. The maximum absolute atomic E-state index is 5.94. The molecule has 0 aliphatic carbocycles. The maximum atomic E-state index is 5.94. The number of ether oxygens (including phenoxy) is 2. The van der Waals surface area contributed by atoms with Crippen molar-refractivity contribution in [1.82, 2.24) is 20.4 Å². The molecule has 2 aromatic carbocycles. The SMILES string of the molecule is CN=C(NCc1ccccc1Cn1cccn1)NCC(C)Oc1ccc(OC)cc1.I. The third kappa shape index (κ3) is 7.78. The van der Waals surface area contributed by atoms with Crippen LogP contribution in [0.1, 0.15) is 18.1 Å². The van der Waals surface area contributed by atoms with Crippen molar-refractivity contribution in [2.24, 2.45) is 4.99 Å². The topological polar surface area (TPSA) is 72.7 Å². The van der Waals surface area contributed by atoms with Gasteiger partial charge in [-0.2, -0.15) is 5.10 Å². The summed E-state index contributed by atoms with van der Waals surface area (Å²) in [5.41, 5.74) is 2.43. The predicted octanol–water partition coefficient (Wildman–Crippen LogP) is 3.69. The molecule has 0 saturated heterocycles. The van der Waals surface area contributed by atoms with Crippen molar-refractivity contribution in [3.63, 3.8) is 0 Å². The molecule has 166 valence electrons. The van der Waals surface area contributed by atoms with Crippen molar-refractivity contribution in [3.8, 4) is 11.5 Å². The molecule has 1 aromatic heterocycles. The van der Waals surface area contributed by atoms with Crippen molar-refractivity contribution >= 4 is 29.9 Å². The van der Waals surface area contributed by atoms with Gasteiger partial charge in [0.1, 0.15) is 17.6 Å². The Labute approximate surface area is 200 Å². The summed E-state index contributed by atoms with van der Waals surface area (Å²) in [6, 6.07) is 17.8. The lowest BCUT2D eigenvalue weighted by Gasteiger charge is -2.18. The molecule has 0 fully saturated rings. The van der Waals surface area contributed by atoms with E-state index in [2.05, 4.69) is 32.9 Å². The lowest BCUT2D eigenvalue weighted by Crippen LogP contribution is -2.41. The standard InChI is InChI=1S/C23H29N5O2.HI/c1-18(30-22-11-9-21(29-3)10-12-22)15-25-23(24-2)26-16-19-7-4-5-8-20(19)17-28-14-6-13-27-28;/h4-14,18H,15-17H2,1-3H3,(H2,24,25,26);1H. The van der Waals surface area contributed by atoms with Crippen LogP contribution in [0.2, 0.25) is 0 Å². The summed E-state index contributed by atoms with van der Waals surface area (Å²) in [7, 11) is 3.41. The smallest absolute Gasteiger partial charge is 0.191 e. The molecule has 1 heterocycles. The van der Waals surface area contributed by atoms with E-state index in [1.54, 1.807) is 20.4 Å². The number of hydrogen-bond acceptors (Lipinski definition) is 4. The zero-order valence-corrected chi connectivity index (χ0v) is 20.4. The number of nitrogens with one attached hydrogen (secondary N) is 2. The van der Waals surface area contributed by atoms with Crippen molar-refractivity contribution in [3.05, 3.63) is 78.1 Å². The number of rotatable bonds is 9. The highest BCUT2D eigenvalue weighted by Crippen LogP contribution is 2.18. The van der Waals surface area contributed by atoms with Crippen LogP contribution in [0.25, 0.3) is 0 Å². The van der Waals surface area contributed by atoms with Gasteiger partial charge in [-0.25, -0.2) is 0 Å². The van der Waals surface area contributed by atoms with Crippen LogP contribution in [0.3, 0.4) is 0 Å². The molecule has 31 heavy (non-hydrogen) atoms. The Bertz CT molecular complexity index is 929. The van der Waals surface area contributed by atoms with Gasteiger partial charge in [0, 0.05) is 26.0 Å². The third-order valence-electron chi connectivity index (χ3n) is 4.63. The van der Waals surface area contributed by atoms with Gasteiger partial charge in [-0.1, -0.05) is 24.3 Å². The average Bonchev–Trinajstić information content (AvgIpc) is 3.28. The molecule has 0 aliphatic heterocycles. The first-order valence-electron chi connectivity index (χ1n) is 9.97. The Morgan fingerprint density at radius 1 is 1.03 bits per heavy atom. The fraction of sp³-hybridized carbons (Fsp3) is 0.304. The van der Waals surface area contributed by atoms with Gasteiger partial charge in [0.05, 0.1) is 20.2 Å². The monoisotopic (exact) mass is 535 g/mol. The molecular formula is C23H30IN5O2. The summed E-state index contributed by atoms with van der Waals surface area (Å²) < 4.78 is 13.0. The first-order chi connectivity index (χ1) is 14.7. The van der Waals surface area contributed by atoms with Crippen LogP contribution in [0.4, 0.5) is 0 Å². The van der Waals surface area contributed by atoms with Crippen LogP contribution in [0.5, 0.6) is 11.5 Å². The summed E-state index contributed by atoms with van der Waals surface area (Å²) in [4.78, 5) is 4.31. The quantitative estimate of drug-likeness (QED) is 0.249. The van der Waals surface area contributed by atoms with Crippen LogP contribution in [-0.4, -0.2) is 42.5 Å². The zero-order valence-electron chi connectivity index (χ0n) is 18.1. The van der Waals surface area contributed by atoms with E-state index in [1.165, 1.54) is 11.1 Å². The first-order valence-corrected chi connectivity index (χ1v) is 9.97. The number of aromatic nitrogens is 2. The Balaban J connectivity index is 0.00000341. The number of guanidine groups is 1. The van der Waals surface area contributed by atoms with Gasteiger partial charge >= 0.3 is 0 Å². The van der Waals surface area contributed by atoms with E-state index < -0.39 is 0 Å². The Hall–Kier alpha value is -2.75. The molecule has 2 N–H and O–H groups in total. The van der Waals surface area contributed by atoms with E-state index >= 15 is 0 Å². The van der Waals surface area contributed by atoms with E-state index in [1.807, 2.05) is 60.3 Å². The van der Waals surface area contributed by atoms with Gasteiger partial charge in [0.2, 0.25) is 0 Å². The third-order valence-corrected chi connectivity index (χ3v) is 4.63. The highest BCUT2D eigenvalue weighted by atomic mass is 127. The van der Waals surface area contributed by atoms with Gasteiger partial charge in [-0.3, -0.25) is 9.67 Å². The first kappa shape index (κ1) is 24.5. The molecule has 0 radical (unpaired) electrons. The summed E-state index contributed by atoms with van der Waals surface area (Å²) in [6.45, 7) is 4.05. The minimum absolute atomic E-state index is 0. The number of nitrogens with zero attached hydrogens (tertiary/aromatic N) is 3. The van der Waals surface area contributed by atoms with Crippen molar-refractivity contribution in [1.29, 1.82) is 0 Å². The fourth-order valence-electron chi connectivity index (χ4n) is 3.02. The molecule has 8 heteroatoms. The van der Waals surface area contributed by atoms with Crippen molar-refractivity contribution in [2.45, 2.75) is 26.1 Å². The molecular weight excluding hydrogens is 505 g/mol. The summed E-state index contributed by atoms with van der Waals surface area (Å²) in [5, 5.41) is 11.0.